The Morgan fingerprint density at radius 1 is 1.29 bits per heavy atom. The predicted octanol–water partition coefficient (Wildman–Crippen LogP) is 3.22. The fourth-order valence-corrected chi connectivity index (χ4v) is 3.62. The van der Waals surface area contributed by atoms with E-state index in [1.165, 1.54) is 6.42 Å². The highest BCUT2D eigenvalue weighted by Crippen LogP contribution is 2.27. The molecule has 1 aromatic heterocycles. The van der Waals surface area contributed by atoms with Gasteiger partial charge < -0.3 is 14.5 Å². The van der Waals surface area contributed by atoms with Crippen LogP contribution in [0.4, 0.5) is 5.82 Å². The number of hydrogen-bond donors (Lipinski definition) is 0. The van der Waals surface area contributed by atoms with Crippen LogP contribution >= 0.6 is 11.6 Å². The smallest absolute Gasteiger partial charge is 0.255 e. The Balaban J connectivity index is 1.73. The maximum absolute atomic E-state index is 12.6. The maximum atomic E-state index is 12.6. The first-order valence-electron chi connectivity index (χ1n) is 8.87. The summed E-state index contributed by atoms with van der Waals surface area (Å²) in [5, 5.41) is 0.544. The monoisotopic (exact) mass is 351 g/mol. The number of hydrogen-bond acceptors (Lipinski definition) is 4. The molecule has 0 aromatic carbocycles. The lowest BCUT2D eigenvalue weighted by atomic mass is 10.1. The van der Waals surface area contributed by atoms with E-state index in [0.717, 1.165) is 44.8 Å². The standard InChI is InChI=1S/C18H26ClN3O2/c1-13(2)16-12-22(8-9-24-16)17-15(19)10-14(11-20-17)18(23)21-6-4-3-5-7-21/h10-11,13,16H,3-9,12H2,1-2H3. The summed E-state index contributed by atoms with van der Waals surface area (Å²) in [5.74, 6) is 1.24. The molecule has 3 rings (SSSR count). The molecule has 1 amide bonds. The second kappa shape index (κ2) is 7.70. The Hall–Kier alpha value is -1.33. The quantitative estimate of drug-likeness (QED) is 0.838. The van der Waals surface area contributed by atoms with E-state index >= 15 is 0 Å². The minimum atomic E-state index is 0.0395. The van der Waals surface area contributed by atoms with Crippen LogP contribution in [0.5, 0.6) is 0 Å². The summed E-state index contributed by atoms with van der Waals surface area (Å²) in [6, 6.07) is 1.76. The van der Waals surface area contributed by atoms with Crippen LogP contribution in [-0.2, 0) is 4.74 Å². The number of anilines is 1. The van der Waals surface area contributed by atoms with Gasteiger partial charge in [0.2, 0.25) is 0 Å². The molecule has 6 heteroatoms. The first kappa shape index (κ1) is 17.5. The zero-order valence-corrected chi connectivity index (χ0v) is 15.3. The molecule has 1 aromatic rings. The van der Waals surface area contributed by atoms with Crippen LogP contribution in [0.1, 0.15) is 43.5 Å². The summed E-state index contributed by atoms with van der Waals surface area (Å²) < 4.78 is 5.80. The van der Waals surface area contributed by atoms with E-state index in [4.69, 9.17) is 16.3 Å². The predicted molar refractivity (Wildman–Crippen MR) is 95.8 cm³/mol. The number of likely N-dealkylation sites (tertiary alicyclic amines) is 1. The number of ether oxygens (including phenoxy) is 1. The van der Waals surface area contributed by atoms with E-state index < -0.39 is 0 Å². The zero-order chi connectivity index (χ0) is 17.1. The number of piperidine rings is 1. The van der Waals surface area contributed by atoms with Crippen LogP contribution in [-0.4, -0.2) is 54.7 Å². The van der Waals surface area contributed by atoms with Crippen molar-refractivity contribution in [1.82, 2.24) is 9.88 Å². The summed E-state index contributed by atoms with van der Waals surface area (Å²) in [6.45, 7) is 8.21. The van der Waals surface area contributed by atoms with Gasteiger partial charge in [-0.1, -0.05) is 25.4 Å². The van der Waals surface area contributed by atoms with Crippen LogP contribution in [0.15, 0.2) is 12.3 Å². The number of amides is 1. The van der Waals surface area contributed by atoms with E-state index in [-0.39, 0.29) is 12.0 Å². The van der Waals surface area contributed by atoms with E-state index in [1.807, 2.05) is 4.90 Å². The molecule has 0 aliphatic carbocycles. The molecular weight excluding hydrogens is 326 g/mol. The van der Waals surface area contributed by atoms with Gasteiger partial charge in [-0.25, -0.2) is 4.98 Å². The molecule has 2 fully saturated rings. The number of aromatic nitrogens is 1. The van der Waals surface area contributed by atoms with Crippen LogP contribution < -0.4 is 4.90 Å². The van der Waals surface area contributed by atoms with Crippen molar-refractivity contribution in [1.29, 1.82) is 0 Å². The summed E-state index contributed by atoms with van der Waals surface area (Å²) in [7, 11) is 0. The van der Waals surface area contributed by atoms with Crippen molar-refractivity contribution in [2.45, 2.75) is 39.2 Å². The van der Waals surface area contributed by atoms with E-state index in [2.05, 4.69) is 23.7 Å². The number of pyridine rings is 1. The molecule has 0 N–H and O–H groups in total. The van der Waals surface area contributed by atoms with Crippen LogP contribution in [0.25, 0.3) is 0 Å². The largest absolute Gasteiger partial charge is 0.374 e. The van der Waals surface area contributed by atoms with E-state index in [1.54, 1.807) is 12.3 Å². The second-order valence-electron chi connectivity index (χ2n) is 6.98. The van der Waals surface area contributed by atoms with Crippen molar-refractivity contribution >= 4 is 23.3 Å². The molecule has 0 saturated carbocycles. The lowest BCUT2D eigenvalue weighted by Crippen LogP contribution is -2.45. The summed E-state index contributed by atoms with van der Waals surface area (Å²) >= 11 is 6.46. The number of rotatable bonds is 3. The van der Waals surface area contributed by atoms with Crippen LogP contribution in [0, 0.1) is 5.92 Å². The molecule has 2 aliphatic rings. The Kier molecular flexibility index (Phi) is 5.61. The molecule has 132 valence electrons. The van der Waals surface area contributed by atoms with Gasteiger partial charge in [0.1, 0.15) is 5.82 Å². The molecule has 24 heavy (non-hydrogen) atoms. The summed E-state index contributed by atoms with van der Waals surface area (Å²) in [6.07, 6.45) is 5.21. The second-order valence-corrected chi connectivity index (χ2v) is 7.39. The fourth-order valence-electron chi connectivity index (χ4n) is 3.33. The minimum Gasteiger partial charge on any atom is -0.374 e. The highest BCUT2D eigenvalue weighted by molar-refractivity contribution is 6.33. The minimum absolute atomic E-state index is 0.0395. The van der Waals surface area contributed by atoms with Gasteiger partial charge in [-0.3, -0.25) is 4.79 Å². The maximum Gasteiger partial charge on any atom is 0.255 e. The number of carbonyl (C=O) groups excluding carboxylic acids is 1. The molecule has 1 unspecified atom stereocenters. The Bertz CT molecular complexity index is 588. The first-order chi connectivity index (χ1) is 11.6. The van der Waals surface area contributed by atoms with Crippen molar-refractivity contribution in [3.8, 4) is 0 Å². The summed E-state index contributed by atoms with van der Waals surface area (Å²) in [5.41, 5.74) is 0.583. The van der Waals surface area contributed by atoms with Crippen molar-refractivity contribution in [3.63, 3.8) is 0 Å². The van der Waals surface area contributed by atoms with Crippen LogP contribution in [0.3, 0.4) is 0 Å². The fraction of sp³-hybridized carbons (Fsp3) is 0.667. The first-order valence-corrected chi connectivity index (χ1v) is 9.25. The normalized spacial score (nSPS) is 22.1. The zero-order valence-electron chi connectivity index (χ0n) is 14.5. The Morgan fingerprint density at radius 3 is 2.71 bits per heavy atom. The van der Waals surface area contributed by atoms with Gasteiger partial charge in [-0.05, 0) is 31.2 Å². The summed E-state index contributed by atoms with van der Waals surface area (Å²) in [4.78, 5) is 21.1. The molecule has 0 radical (unpaired) electrons. The average Bonchev–Trinajstić information content (AvgIpc) is 2.62. The van der Waals surface area contributed by atoms with Gasteiger partial charge in [-0.15, -0.1) is 0 Å². The van der Waals surface area contributed by atoms with E-state index in [0.29, 0.717) is 23.1 Å². The lowest BCUT2D eigenvalue weighted by Gasteiger charge is -2.36. The molecular formula is C18H26ClN3O2. The molecule has 1 atom stereocenters. The number of carbonyl (C=O) groups is 1. The van der Waals surface area contributed by atoms with Gasteiger partial charge in [0.25, 0.3) is 5.91 Å². The van der Waals surface area contributed by atoms with Gasteiger partial charge in [0.05, 0.1) is 23.3 Å². The SMILES string of the molecule is CC(C)C1CN(c2ncc(C(=O)N3CCCCC3)cc2Cl)CCO1. The van der Waals surface area contributed by atoms with Crippen LogP contribution in [0.2, 0.25) is 5.02 Å². The highest BCUT2D eigenvalue weighted by Gasteiger charge is 2.26. The van der Waals surface area contributed by atoms with Gasteiger partial charge >= 0.3 is 0 Å². The molecule has 0 bridgehead atoms. The topological polar surface area (TPSA) is 45.7 Å². The molecule has 2 aliphatic heterocycles. The van der Waals surface area contributed by atoms with Crippen molar-refractivity contribution in [2.24, 2.45) is 5.92 Å². The number of morpholine rings is 1. The van der Waals surface area contributed by atoms with Gasteiger partial charge in [-0.2, -0.15) is 0 Å². The van der Waals surface area contributed by atoms with Crippen molar-refractivity contribution < 1.29 is 9.53 Å². The third-order valence-corrected chi connectivity index (χ3v) is 5.13. The molecule has 0 spiro atoms. The Morgan fingerprint density at radius 2 is 2.04 bits per heavy atom. The molecule has 5 nitrogen and oxygen atoms in total. The Labute approximate surface area is 148 Å². The third kappa shape index (κ3) is 3.83. The molecule has 2 saturated heterocycles. The lowest BCUT2D eigenvalue weighted by molar-refractivity contribution is 0.0112. The van der Waals surface area contributed by atoms with Crippen molar-refractivity contribution in [3.05, 3.63) is 22.8 Å². The number of nitrogens with zero attached hydrogens (tertiary/aromatic N) is 3. The van der Waals surface area contributed by atoms with Crippen molar-refractivity contribution in [2.75, 3.05) is 37.7 Å². The number of halogens is 1. The van der Waals surface area contributed by atoms with Gasteiger partial charge in [0, 0.05) is 32.4 Å². The third-order valence-electron chi connectivity index (χ3n) is 4.85. The molecule has 3 heterocycles. The van der Waals surface area contributed by atoms with Gasteiger partial charge in [0.15, 0.2) is 0 Å². The highest BCUT2D eigenvalue weighted by atomic mass is 35.5. The van der Waals surface area contributed by atoms with E-state index in [9.17, 15) is 4.79 Å². The average molecular weight is 352 g/mol.